The highest BCUT2D eigenvalue weighted by molar-refractivity contribution is 5.85. The maximum absolute atomic E-state index is 12.3. The van der Waals surface area contributed by atoms with Crippen LogP contribution in [0, 0.1) is 12.8 Å². The topological polar surface area (TPSA) is 82.8 Å². The first-order chi connectivity index (χ1) is 11.6. The lowest BCUT2D eigenvalue weighted by atomic mass is 9.92. The second kappa shape index (κ2) is 11.3. The van der Waals surface area contributed by atoms with Crippen LogP contribution in [-0.2, 0) is 20.8 Å². The van der Waals surface area contributed by atoms with E-state index in [4.69, 9.17) is 19.9 Å². The summed E-state index contributed by atoms with van der Waals surface area (Å²) in [6.45, 7) is 4.77. The van der Waals surface area contributed by atoms with Crippen LogP contribution in [0.25, 0.3) is 0 Å². The molecule has 0 aliphatic carbocycles. The number of carbonyl (C=O) groups excluding carboxylic acids is 1. The number of methoxy groups -OCH3 is 1. The van der Waals surface area contributed by atoms with Gasteiger partial charge < -0.3 is 25.3 Å². The molecule has 0 bridgehead atoms. The van der Waals surface area contributed by atoms with Crippen molar-refractivity contribution in [3.8, 4) is 5.75 Å². The van der Waals surface area contributed by atoms with Crippen LogP contribution in [0.5, 0.6) is 5.75 Å². The normalized spacial score (nSPS) is 16.0. The zero-order valence-electron chi connectivity index (χ0n) is 15.0. The van der Waals surface area contributed by atoms with Crippen molar-refractivity contribution in [1.29, 1.82) is 0 Å². The van der Waals surface area contributed by atoms with E-state index in [9.17, 15) is 4.79 Å². The van der Waals surface area contributed by atoms with Gasteiger partial charge in [0.05, 0.1) is 12.6 Å². The van der Waals surface area contributed by atoms with Crippen LogP contribution in [0.15, 0.2) is 18.2 Å². The van der Waals surface area contributed by atoms with Gasteiger partial charge in [0.15, 0.2) is 0 Å². The number of benzene rings is 1. The quantitative estimate of drug-likeness (QED) is 0.680. The van der Waals surface area contributed by atoms with Gasteiger partial charge in [0, 0.05) is 32.4 Å². The molecule has 1 aliphatic heterocycles. The van der Waals surface area contributed by atoms with Crippen LogP contribution < -0.4 is 15.8 Å². The standard InChI is InChI=1S/C18H28N2O4.ClH/c1-13-3-4-15(16(11-13)24-10-9-22-2)12-20-18(21)17(19)14-5-7-23-8-6-14;/h3-4,11,14,17H,5-10,12,19H2,1-2H3,(H,20,21);1H. The van der Waals surface area contributed by atoms with Crippen LogP contribution in [0.2, 0.25) is 0 Å². The average molecular weight is 373 g/mol. The number of halogens is 1. The van der Waals surface area contributed by atoms with Crippen LogP contribution in [-0.4, -0.2) is 45.5 Å². The fourth-order valence-corrected chi connectivity index (χ4v) is 2.77. The summed E-state index contributed by atoms with van der Waals surface area (Å²) in [5.74, 6) is 0.839. The van der Waals surface area contributed by atoms with E-state index in [0.717, 1.165) is 29.7 Å². The van der Waals surface area contributed by atoms with Crippen LogP contribution in [0.1, 0.15) is 24.0 Å². The highest BCUT2D eigenvalue weighted by Crippen LogP contribution is 2.21. The Labute approximate surface area is 155 Å². The summed E-state index contributed by atoms with van der Waals surface area (Å²) in [6, 6.07) is 5.45. The minimum absolute atomic E-state index is 0. The van der Waals surface area contributed by atoms with Crippen molar-refractivity contribution in [2.75, 3.05) is 33.5 Å². The summed E-state index contributed by atoms with van der Waals surface area (Å²) >= 11 is 0. The number of carbonyl (C=O) groups is 1. The molecule has 0 aromatic heterocycles. The number of nitrogens with one attached hydrogen (secondary N) is 1. The van der Waals surface area contributed by atoms with Crippen molar-refractivity contribution in [2.45, 2.75) is 32.4 Å². The number of rotatable bonds is 8. The first-order valence-corrected chi connectivity index (χ1v) is 8.44. The highest BCUT2D eigenvalue weighted by Gasteiger charge is 2.26. The van der Waals surface area contributed by atoms with E-state index in [0.29, 0.717) is 33.0 Å². The molecule has 0 radical (unpaired) electrons. The molecule has 25 heavy (non-hydrogen) atoms. The molecule has 3 N–H and O–H groups in total. The molecule has 1 heterocycles. The number of hydrogen-bond acceptors (Lipinski definition) is 5. The van der Waals surface area contributed by atoms with Gasteiger partial charge in [-0.15, -0.1) is 12.4 Å². The van der Waals surface area contributed by atoms with Crippen LogP contribution in [0.3, 0.4) is 0 Å². The van der Waals surface area contributed by atoms with E-state index >= 15 is 0 Å². The number of hydrogen-bond donors (Lipinski definition) is 2. The molecule has 1 aromatic carbocycles. The van der Waals surface area contributed by atoms with Gasteiger partial charge in [0.2, 0.25) is 5.91 Å². The lowest BCUT2D eigenvalue weighted by Gasteiger charge is -2.26. The van der Waals surface area contributed by atoms with Gasteiger partial charge >= 0.3 is 0 Å². The van der Waals surface area contributed by atoms with Gasteiger partial charge in [-0.3, -0.25) is 4.79 Å². The Hall–Kier alpha value is -1.34. The van der Waals surface area contributed by atoms with Gasteiger partial charge in [-0.1, -0.05) is 12.1 Å². The minimum atomic E-state index is -0.489. The lowest BCUT2D eigenvalue weighted by molar-refractivity contribution is -0.124. The van der Waals surface area contributed by atoms with E-state index < -0.39 is 6.04 Å². The predicted octanol–water partition coefficient (Wildman–Crippen LogP) is 1.81. The van der Waals surface area contributed by atoms with E-state index in [2.05, 4.69) is 5.32 Å². The van der Waals surface area contributed by atoms with Crippen molar-refractivity contribution in [2.24, 2.45) is 11.7 Å². The smallest absolute Gasteiger partial charge is 0.237 e. The maximum atomic E-state index is 12.3. The Bertz CT molecular complexity index is 536. The van der Waals surface area contributed by atoms with Gasteiger partial charge in [0.25, 0.3) is 0 Å². The lowest BCUT2D eigenvalue weighted by Crippen LogP contribution is -2.46. The van der Waals surface area contributed by atoms with Crippen molar-refractivity contribution in [3.05, 3.63) is 29.3 Å². The second-order valence-electron chi connectivity index (χ2n) is 6.15. The third-order valence-corrected chi connectivity index (χ3v) is 4.30. The van der Waals surface area contributed by atoms with Gasteiger partial charge in [-0.2, -0.15) is 0 Å². The van der Waals surface area contributed by atoms with Gasteiger partial charge in [-0.25, -0.2) is 0 Å². The molecule has 1 atom stereocenters. The van der Waals surface area contributed by atoms with Crippen molar-refractivity contribution in [3.63, 3.8) is 0 Å². The molecule has 1 fully saturated rings. The van der Waals surface area contributed by atoms with Crippen molar-refractivity contribution < 1.29 is 19.0 Å². The minimum Gasteiger partial charge on any atom is -0.491 e. The Morgan fingerprint density at radius 1 is 1.36 bits per heavy atom. The fraction of sp³-hybridized carbons (Fsp3) is 0.611. The molecular formula is C18H29ClN2O4. The number of nitrogens with two attached hydrogens (primary N) is 1. The second-order valence-corrected chi connectivity index (χ2v) is 6.15. The Morgan fingerprint density at radius 3 is 2.76 bits per heavy atom. The average Bonchev–Trinajstić information content (AvgIpc) is 2.61. The van der Waals surface area contributed by atoms with E-state index in [1.807, 2.05) is 25.1 Å². The molecule has 0 spiro atoms. The molecular weight excluding hydrogens is 344 g/mol. The van der Waals surface area contributed by atoms with E-state index in [1.54, 1.807) is 7.11 Å². The molecule has 0 saturated carbocycles. The van der Waals surface area contributed by atoms with E-state index in [1.165, 1.54) is 0 Å². The van der Waals surface area contributed by atoms with Crippen LogP contribution >= 0.6 is 12.4 Å². The molecule has 1 saturated heterocycles. The number of ether oxygens (including phenoxy) is 3. The molecule has 2 rings (SSSR count). The zero-order chi connectivity index (χ0) is 17.4. The number of aryl methyl sites for hydroxylation is 1. The monoisotopic (exact) mass is 372 g/mol. The molecule has 1 aromatic rings. The molecule has 1 unspecified atom stereocenters. The van der Waals surface area contributed by atoms with E-state index in [-0.39, 0.29) is 24.2 Å². The summed E-state index contributed by atoms with van der Waals surface area (Å²) < 4.78 is 16.1. The van der Waals surface area contributed by atoms with Crippen molar-refractivity contribution in [1.82, 2.24) is 5.32 Å². The summed E-state index contributed by atoms with van der Waals surface area (Å²) in [5.41, 5.74) is 8.14. The largest absolute Gasteiger partial charge is 0.491 e. The number of amides is 1. The molecule has 142 valence electrons. The molecule has 1 amide bonds. The Balaban J connectivity index is 0.00000312. The maximum Gasteiger partial charge on any atom is 0.237 e. The SMILES string of the molecule is COCCOc1cc(C)ccc1CNC(=O)C(N)C1CCOCC1.Cl. The predicted molar refractivity (Wildman–Crippen MR) is 99.2 cm³/mol. The Kier molecular flexibility index (Phi) is 9.82. The summed E-state index contributed by atoms with van der Waals surface area (Å²) in [7, 11) is 1.64. The first-order valence-electron chi connectivity index (χ1n) is 8.44. The van der Waals surface area contributed by atoms with Gasteiger partial charge in [0.1, 0.15) is 12.4 Å². The summed E-state index contributed by atoms with van der Waals surface area (Å²) in [4.78, 5) is 12.3. The van der Waals surface area contributed by atoms with Gasteiger partial charge in [-0.05, 0) is 37.3 Å². The molecule has 7 heteroatoms. The summed E-state index contributed by atoms with van der Waals surface area (Å²) in [6.07, 6.45) is 1.68. The highest BCUT2D eigenvalue weighted by atomic mass is 35.5. The molecule has 1 aliphatic rings. The third-order valence-electron chi connectivity index (χ3n) is 4.30. The Morgan fingerprint density at radius 2 is 2.08 bits per heavy atom. The third kappa shape index (κ3) is 6.82. The molecule has 6 nitrogen and oxygen atoms in total. The fourth-order valence-electron chi connectivity index (χ4n) is 2.77. The zero-order valence-corrected chi connectivity index (χ0v) is 15.8. The summed E-state index contributed by atoms with van der Waals surface area (Å²) in [5, 5.41) is 2.93. The van der Waals surface area contributed by atoms with Crippen molar-refractivity contribution >= 4 is 18.3 Å². The van der Waals surface area contributed by atoms with Crippen LogP contribution in [0.4, 0.5) is 0 Å². The first kappa shape index (κ1) is 21.7.